The van der Waals surface area contributed by atoms with Crippen LogP contribution >= 0.6 is 0 Å². The second-order valence-electron chi connectivity index (χ2n) is 6.70. The van der Waals surface area contributed by atoms with Gasteiger partial charge in [-0.15, -0.1) is 0 Å². The van der Waals surface area contributed by atoms with Crippen molar-refractivity contribution < 1.29 is 14.1 Å². The lowest BCUT2D eigenvalue weighted by atomic mass is 10.1. The molecule has 0 aliphatic heterocycles. The van der Waals surface area contributed by atoms with Crippen LogP contribution in [0.1, 0.15) is 27.7 Å². The van der Waals surface area contributed by atoms with Gasteiger partial charge in [-0.05, 0) is 35.4 Å². The molecular formula is C24H18N4O3. The van der Waals surface area contributed by atoms with E-state index in [0.717, 1.165) is 5.56 Å². The SMILES string of the molecule is N#C[C@H](NC(=O)c1cc(-c2cccnc2)on1)c1ccc(OCc2ccccc2)cc1. The number of hydrogen-bond acceptors (Lipinski definition) is 6. The van der Waals surface area contributed by atoms with Gasteiger partial charge in [0.15, 0.2) is 11.5 Å². The smallest absolute Gasteiger partial charge is 0.274 e. The maximum atomic E-state index is 12.5. The first-order valence-corrected chi connectivity index (χ1v) is 9.57. The zero-order valence-electron chi connectivity index (χ0n) is 16.4. The fraction of sp³-hybridized carbons (Fsp3) is 0.0833. The molecular weight excluding hydrogens is 392 g/mol. The van der Waals surface area contributed by atoms with Gasteiger partial charge in [-0.25, -0.2) is 0 Å². The molecule has 1 atom stereocenters. The van der Waals surface area contributed by atoms with Crippen LogP contribution in [0.4, 0.5) is 0 Å². The summed E-state index contributed by atoms with van der Waals surface area (Å²) in [5.74, 6) is 0.592. The third kappa shape index (κ3) is 4.95. The Hall–Kier alpha value is -4.44. The number of pyridine rings is 1. The van der Waals surface area contributed by atoms with E-state index in [1.807, 2.05) is 30.3 Å². The minimum Gasteiger partial charge on any atom is -0.489 e. The van der Waals surface area contributed by atoms with Crippen molar-refractivity contribution >= 4 is 5.91 Å². The summed E-state index contributed by atoms with van der Waals surface area (Å²) in [7, 11) is 0. The molecule has 31 heavy (non-hydrogen) atoms. The van der Waals surface area contributed by atoms with Crippen LogP contribution in [0.15, 0.2) is 89.7 Å². The number of nitriles is 1. The van der Waals surface area contributed by atoms with Gasteiger partial charge < -0.3 is 14.6 Å². The first kappa shape index (κ1) is 19.9. The summed E-state index contributed by atoms with van der Waals surface area (Å²) in [6.07, 6.45) is 3.25. The van der Waals surface area contributed by atoms with E-state index in [9.17, 15) is 10.1 Å². The molecule has 1 amide bonds. The minimum absolute atomic E-state index is 0.0851. The maximum absolute atomic E-state index is 12.5. The quantitative estimate of drug-likeness (QED) is 0.487. The minimum atomic E-state index is -0.839. The van der Waals surface area contributed by atoms with E-state index in [2.05, 4.69) is 21.5 Å². The number of carbonyl (C=O) groups is 1. The van der Waals surface area contributed by atoms with Crippen molar-refractivity contribution in [3.8, 4) is 23.1 Å². The number of rotatable bonds is 7. The molecule has 0 aliphatic carbocycles. The number of nitrogens with one attached hydrogen (secondary N) is 1. The first-order valence-electron chi connectivity index (χ1n) is 9.57. The molecule has 2 aromatic carbocycles. The summed E-state index contributed by atoms with van der Waals surface area (Å²) in [4.78, 5) is 16.5. The van der Waals surface area contributed by atoms with Crippen molar-refractivity contribution in [3.05, 3.63) is 102 Å². The van der Waals surface area contributed by atoms with Crippen LogP contribution in [0.5, 0.6) is 5.75 Å². The summed E-state index contributed by atoms with van der Waals surface area (Å²) in [5, 5.41) is 16.0. The van der Waals surface area contributed by atoms with Crippen molar-refractivity contribution in [2.45, 2.75) is 12.6 Å². The van der Waals surface area contributed by atoms with Crippen molar-refractivity contribution in [3.63, 3.8) is 0 Å². The molecule has 2 aromatic heterocycles. The lowest BCUT2D eigenvalue weighted by molar-refractivity contribution is 0.0936. The molecule has 0 bridgehead atoms. The molecule has 7 nitrogen and oxygen atoms in total. The summed E-state index contributed by atoms with van der Waals surface area (Å²) >= 11 is 0. The lowest BCUT2D eigenvalue weighted by Crippen LogP contribution is -2.27. The van der Waals surface area contributed by atoms with E-state index < -0.39 is 11.9 Å². The van der Waals surface area contributed by atoms with Gasteiger partial charge in [0.1, 0.15) is 18.4 Å². The summed E-state index contributed by atoms with van der Waals surface area (Å²) in [5.41, 5.74) is 2.49. The third-order valence-electron chi connectivity index (χ3n) is 4.56. The number of amides is 1. The van der Waals surface area contributed by atoms with Gasteiger partial charge in [-0.3, -0.25) is 9.78 Å². The molecule has 4 aromatic rings. The van der Waals surface area contributed by atoms with Gasteiger partial charge in [-0.1, -0.05) is 47.6 Å². The standard InChI is InChI=1S/C24H18N4O3/c25-14-22(18-8-10-20(11-9-18)30-16-17-5-2-1-3-6-17)27-24(29)21-13-23(31-28-21)19-7-4-12-26-15-19/h1-13,15,22H,16H2,(H,27,29)/t22-/m0/s1. The fourth-order valence-electron chi connectivity index (χ4n) is 2.92. The van der Waals surface area contributed by atoms with E-state index in [4.69, 9.17) is 9.26 Å². The van der Waals surface area contributed by atoms with Crippen LogP contribution in [0.25, 0.3) is 11.3 Å². The average molecular weight is 410 g/mol. The Bertz CT molecular complexity index is 1180. The Kier molecular flexibility index (Phi) is 6.00. The number of nitrogens with zero attached hydrogens (tertiary/aromatic N) is 3. The molecule has 0 saturated carbocycles. The Balaban J connectivity index is 1.39. The molecule has 1 N–H and O–H groups in total. The Morgan fingerprint density at radius 3 is 2.61 bits per heavy atom. The molecule has 0 aliphatic rings. The monoisotopic (exact) mass is 410 g/mol. The predicted octanol–water partition coefficient (Wildman–Crippen LogP) is 4.31. The van der Waals surface area contributed by atoms with Crippen LogP contribution in [0.3, 0.4) is 0 Å². The van der Waals surface area contributed by atoms with Crippen molar-refractivity contribution in [1.29, 1.82) is 5.26 Å². The highest BCUT2D eigenvalue weighted by Gasteiger charge is 2.19. The Labute approximate surface area is 178 Å². The normalized spacial score (nSPS) is 11.3. The maximum Gasteiger partial charge on any atom is 0.274 e. The summed E-state index contributed by atoms with van der Waals surface area (Å²) < 4.78 is 11.0. The highest BCUT2D eigenvalue weighted by atomic mass is 16.5. The van der Waals surface area contributed by atoms with Crippen molar-refractivity contribution in [2.75, 3.05) is 0 Å². The topological polar surface area (TPSA) is 101 Å². The van der Waals surface area contributed by atoms with Gasteiger partial charge in [0, 0.05) is 24.0 Å². The lowest BCUT2D eigenvalue weighted by Gasteiger charge is -2.12. The summed E-state index contributed by atoms with van der Waals surface area (Å²) in [6, 6.07) is 23.2. The highest BCUT2D eigenvalue weighted by Crippen LogP contribution is 2.21. The van der Waals surface area contributed by atoms with Crippen molar-refractivity contribution in [2.24, 2.45) is 0 Å². The van der Waals surface area contributed by atoms with Crippen LogP contribution in [0.2, 0.25) is 0 Å². The van der Waals surface area contributed by atoms with Gasteiger partial charge in [0.2, 0.25) is 0 Å². The van der Waals surface area contributed by atoms with Crippen LogP contribution in [-0.4, -0.2) is 16.0 Å². The van der Waals surface area contributed by atoms with E-state index in [-0.39, 0.29) is 5.69 Å². The second kappa shape index (κ2) is 9.37. The molecule has 0 unspecified atom stereocenters. The largest absolute Gasteiger partial charge is 0.489 e. The molecule has 0 radical (unpaired) electrons. The van der Waals surface area contributed by atoms with Gasteiger partial charge in [0.05, 0.1) is 6.07 Å². The predicted molar refractivity (Wildman–Crippen MR) is 113 cm³/mol. The van der Waals surface area contributed by atoms with Crippen molar-refractivity contribution in [1.82, 2.24) is 15.5 Å². The number of hydrogen-bond donors (Lipinski definition) is 1. The van der Waals surface area contributed by atoms with E-state index in [1.54, 1.807) is 48.8 Å². The Morgan fingerprint density at radius 2 is 1.90 bits per heavy atom. The van der Waals surface area contributed by atoms with Crippen LogP contribution < -0.4 is 10.1 Å². The summed E-state index contributed by atoms with van der Waals surface area (Å²) in [6.45, 7) is 0.448. The van der Waals surface area contributed by atoms with E-state index in [0.29, 0.717) is 29.2 Å². The number of carbonyl (C=O) groups excluding carboxylic acids is 1. The number of aromatic nitrogens is 2. The molecule has 2 heterocycles. The molecule has 152 valence electrons. The molecule has 7 heteroatoms. The van der Waals surface area contributed by atoms with Gasteiger partial charge >= 0.3 is 0 Å². The first-order chi connectivity index (χ1) is 15.2. The van der Waals surface area contributed by atoms with Crippen LogP contribution in [-0.2, 0) is 6.61 Å². The van der Waals surface area contributed by atoms with Gasteiger partial charge in [0.25, 0.3) is 5.91 Å². The molecule has 0 spiro atoms. The highest BCUT2D eigenvalue weighted by molar-refractivity contribution is 5.93. The number of ether oxygens (including phenoxy) is 1. The van der Waals surface area contributed by atoms with E-state index in [1.165, 1.54) is 6.07 Å². The third-order valence-corrected chi connectivity index (χ3v) is 4.56. The van der Waals surface area contributed by atoms with E-state index >= 15 is 0 Å². The average Bonchev–Trinajstić information content (AvgIpc) is 3.33. The second-order valence-corrected chi connectivity index (χ2v) is 6.70. The molecule has 4 rings (SSSR count). The fourth-order valence-corrected chi connectivity index (χ4v) is 2.92. The van der Waals surface area contributed by atoms with Gasteiger partial charge in [-0.2, -0.15) is 5.26 Å². The molecule has 0 saturated heterocycles. The number of benzene rings is 2. The Morgan fingerprint density at radius 1 is 1.10 bits per heavy atom. The molecule has 0 fully saturated rings. The van der Waals surface area contributed by atoms with Crippen LogP contribution in [0, 0.1) is 11.3 Å². The zero-order chi connectivity index (χ0) is 21.5. The zero-order valence-corrected chi connectivity index (χ0v) is 16.4.